The van der Waals surface area contributed by atoms with Gasteiger partial charge < -0.3 is 3.43 Å². The Morgan fingerprint density at radius 1 is 0.381 bits per heavy atom. The largest absolute Gasteiger partial charge is 0.319 e. The highest BCUT2D eigenvalue weighted by Gasteiger charge is 2.57. The minimum atomic E-state index is -1.23. The highest BCUT2D eigenvalue weighted by molar-refractivity contribution is 14.1. The molecule has 0 aliphatic rings. The van der Waals surface area contributed by atoms with Crippen molar-refractivity contribution in [2.24, 2.45) is 0 Å². The van der Waals surface area contributed by atoms with Crippen molar-refractivity contribution in [1.82, 2.24) is 3.43 Å². The third kappa shape index (κ3) is 12.3. The van der Waals surface area contributed by atoms with Crippen LogP contribution in [-0.4, -0.2) is 283 Å². The Labute approximate surface area is 308 Å². The van der Waals surface area contributed by atoms with Crippen molar-refractivity contribution in [3.8, 4) is 0 Å². The van der Waals surface area contributed by atoms with Crippen LogP contribution in [0.1, 0.15) is 0 Å². The lowest BCUT2D eigenvalue weighted by Gasteiger charge is -2.52. The van der Waals surface area contributed by atoms with E-state index in [9.17, 15) is 0 Å². The molecule has 0 bridgehead atoms. The second-order valence-electron chi connectivity index (χ2n) is 11.2. The average molecular weight is 576 g/mol. The molecule has 133 valence electrons. The molecule has 0 heterocycles. The van der Waals surface area contributed by atoms with Crippen molar-refractivity contribution in [2.75, 3.05) is 0 Å². The summed E-state index contributed by atoms with van der Waals surface area (Å²) in [6.45, 7) is -1.19. The Bertz CT molecular complexity index is 652. The first kappa shape index (κ1) is 43.3. The lowest BCUT2D eigenvalue weighted by molar-refractivity contribution is 1.79. The van der Waals surface area contributed by atoms with Crippen LogP contribution in [-0.2, 0) is 0 Å². The summed E-state index contributed by atoms with van der Waals surface area (Å²) < 4.78 is 10.1. The Morgan fingerprint density at radius 2 is 0.595 bits per heavy atom. The van der Waals surface area contributed by atoms with E-state index in [1.165, 1.54) is 0 Å². The Balaban J connectivity index is 8.50. The van der Waals surface area contributed by atoms with Crippen LogP contribution in [0, 0.1) is 0 Å². The summed E-state index contributed by atoms with van der Waals surface area (Å²) in [7, 11) is 126. The van der Waals surface area contributed by atoms with E-state index in [1.807, 2.05) is 0 Å². The van der Waals surface area contributed by atoms with Gasteiger partial charge in [0.15, 0.2) is 0 Å². The fourth-order valence-corrected chi connectivity index (χ4v) is 7.30. The van der Waals surface area contributed by atoms with Crippen LogP contribution in [0.3, 0.4) is 0 Å². The molecular weight excluding hydrogens is 573 g/mol. The zero-order valence-electron chi connectivity index (χ0n) is 24.9. The van der Waals surface area contributed by atoms with Crippen LogP contribution in [0.15, 0.2) is 0 Å². The predicted octanol–water partition coefficient (Wildman–Crippen LogP) is -14.8. The van der Waals surface area contributed by atoms with Crippen molar-refractivity contribution in [3.05, 3.63) is 0 Å². The van der Waals surface area contributed by atoms with Gasteiger partial charge in [0.25, 0.3) is 0 Å². The number of rotatable bonds is 20. The standard InChI is InChI=1S/B40HIN/c1-21-31(20)36(30(18)19)39(37(32(22(2)3)23(4)5)33(24(6)7)25(8)9)40(42-41)38(34(26(10)11)27(12)13)35(28(14)15)29(16)17/h42H/i/hT. The summed E-state index contributed by atoms with van der Waals surface area (Å²) in [5.74, 6) is 0. The lowest BCUT2D eigenvalue weighted by Crippen LogP contribution is -2.92. The zero-order chi connectivity index (χ0) is 34.3. The smallest absolute Gasteiger partial charge is 0.129 e. The maximum atomic E-state index is 9.06. The summed E-state index contributed by atoms with van der Waals surface area (Å²) in [4.78, 5) is 0. The molecule has 0 amide bonds. The van der Waals surface area contributed by atoms with E-state index in [0.717, 1.165) is 10.5 Å². The summed E-state index contributed by atoms with van der Waals surface area (Å²) in [6, 6.07) is 0. The van der Waals surface area contributed by atoms with Crippen molar-refractivity contribution >= 4 is 306 Å². The molecule has 0 spiro atoms. The Kier molecular flexibility index (Phi) is 22.1. The molecule has 0 aromatic heterocycles. The van der Waals surface area contributed by atoms with Crippen molar-refractivity contribution < 1.29 is 1.41 Å². The first-order chi connectivity index (χ1) is 19.6. The van der Waals surface area contributed by atoms with Crippen LogP contribution < -0.4 is 3.43 Å². The van der Waals surface area contributed by atoms with E-state index in [2.05, 4.69) is 0 Å². The fraction of sp³-hybridized carbons (Fsp3) is 0. The summed E-state index contributed by atoms with van der Waals surface area (Å²) in [6.07, 6.45) is -20.5. The van der Waals surface area contributed by atoms with Crippen LogP contribution in [0.5, 0.6) is 0 Å². The van der Waals surface area contributed by atoms with Gasteiger partial charge in [0.05, 0.1) is 0 Å². The molecule has 0 unspecified atom stereocenters. The third-order valence-corrected chi connectivity index (χ3v) is 8.88. The van der Waals surface area contributed by atoms with E-state index in [-0.39, 0.29) is 0 Å². The SMILES string of the molecule is [3H]N(I)B(B(B(B([B])[B])B([B])[B])B(B([B])[B])B([B])[B])B(B(B([B])[B])B([B])[B][B])B(B(B([B])[B])B([B])[B])B(B([B])[B])B([B])[B]. The Hall–Kier alpha value is 3.29. The maximum Gasteiger partial charge on any atom is 0.129 e. The van der Waals surface area contributed by atoms with Gasteiger partial charge in [0.2, 0.25) is 0 Å². The van der Waals surface area contributed by atoms with Gasteiger partial charge in [-0.05, 0) is 0 Å². The molecule has 1 nitrogen and oxygen atoms in total. The van der Waals surface area contributed by atoms with Gasteiger partial charge in [-0.3, -0.25) is 0 Å². The summed E-state index contributed by atoms with van der Waals surface area (Å²) in [5.41, 5.74) is 0. The monoisotopic (exact) mass is 584 g/mol. The molecular formula is HB40IN. The van der Waals surface area contributed by atoms with E-state index < -0.39 is 122 Å². The number of halogens is 1. The normalized spacial score (nSPS) is 10.1. The fourth-order valence-electron chi connectivity index (χ4n) is 6.56. The minimum Gasteiger partial charge on any atom is -0.319 e. The molecule has 41 radical (unpaired) electrons. The topological polar surface area (TPSA) is 12.0 Å². The van der Waals surface area contributed by atoms with Gasteiger partial charge in [-0.2, -0.15) is 0 Å². The molecule has 0 atom stereocenters. The minimum absolute atomic E-state index is 1.01. The quantitative estimate of drug-likeness (QED) is 0.0864. The molecule has 0 aliphatic heterocycles. The maximum absolute atomic E-state index is 9.06. The van der Waals surface area contributed by atoms with Crippen molar-refractivity contribution in [3.63, 3.8) is 0 Å². The Morgan fingerprint density at radius 3 is 0.786 bits per heavy atom. The lowest BCUT2D eigenvalue weighted by atomic mass is 8.31. The van der Waals surface area contributed by atoms with Gasteiger partial charge in [0, 0.05) is 300 Å². The summed E-state index contributed by atoms with van der Waals surface area (Å²) in [5, 5.41) is 0. The number of hydrogen-bond donors (Lipinski definition) is 1. The van der Waals surface area contributed by atoms with Gasteiger partial charge in [-0.15, -0.1) is 0 Å². The molecule has 1 N–H and O–H groups in total. The number of hydrogen-bond acceptors (Lipinski definition) is 1. The molecule has 0 saturated heterocycles. The molecule has 0 rings (SSSR count). The van der Waals surface area contributed by atoms with E-state index >= 15 is 0 Å². The molecule has 0 saturated carbocycles. The van der Waals surface area contributed by atoms with Crippen LogP contribution >= 0.6 is 22.9 Å². The van der Waals surface area contributed by atoms with Crippen LogP contribution in [0.25, 0.3) is 0 Å². The van der Waals surface area contributed by atoms with Crippen LogP contribution in [0.4, 0.5) is 0 Å². The molecule has 0 aliphatic carbocycles. The van der Waals surface area contributed by atoms with E-state index in [1.54, 1.807) is 22.9 Å². The highest BCUT2D eigenvalue weighted by atomic mass is 127. The molecule has 42 heteroatoms. The average Bonchev–Trinajstić information content (AvgIpc) is 2.80. The van der Waals surface area contributed by atoms with E-state index in [4.69, 9.17) is 156 Å². The highest BCUT2D eigenvalue weighted by Crippen LogP contribution is 2.18. The van der Waals surface area contributed by atoms with Crippen LogP contribution in [0.2, 0.25) is 1.41 Å². The second kappa shape index (κ2) is 21.4. The third-order valence-electron chi connectivity index (χ3n) is 8.23. The molecule has 0 aromatic rings. The first-order valence-corrected chi connectivity index (χ1v) is 14.4. The predicted molar refractivity (Wildman–Crippen MR) is 247 cm³/mol. The van der Waals surface area contributed by atoms with Crippen molar-refractivity contribution in [2.45, 2.75) is 0 Å². The number of nitrogens with one attached hydrogen (secondary N) is 1. The first-order valence-electron chi connectivity index (χ1n) is 13.9. The molecule has 0 fully saturated rings. The van der Waals surface area contributed by atoms with Crippen molar-refractivity contribution in [1.29, 1.82) is 0 Å². The second-order valence-corrected chi connectivity index (χ2v) is 11.7. The molecule has 0 aromatic carbocycles. The van der Waals surface area contributed by atoms with Gasteiger partial charge in [-0.1, -0.05) is 0 Å². The van der Waals surface area contributed by atoms with Gasteiger partial charge in [-0.25, -0.2) is 0 Å². The summed E-state index contributed by atoms with van der Waals surface area (Å²) >= 11 is 1.70. The molecule has 42 heavy (non-hydrogen) atoms. The van der Waals surface area contributed by atoms with Gasteiger partial charge >= 0.3 is 0 Å². The van der Waals surface area contributed by atoms with E-state index in [0.29, 0.717) is 0 Å². The zero-order valence-corrected chi connectivity index (χ0v) is 26.1. The van der Waals surface area contributed by atoms with Gasteiger partial charge in [0.1, 0.15) is 8.04 Å².